The van der Waals surface area contributed by atoms with Crippen molar-refractivity contribution in [3.63, 3.8) is 0 Å². The molecule has 0 radical (unpaired) electrons. The largest absolute Gasteiger partial charge is 0.479 e. The van der Waals surface area contributed by atoms with Crippen molar-refractivity contribution in [2.45, 2.75) is 96.0 Å². The van der Waals surface area contributed by atoms with E-state index in [1.165, 1.54) is 24.3 Å². The molecule has 2 amide bonds. The quantitative estimate of drug-likeness (QED) is 0.194. The van der Waals surface area contributed by atoms with Crippen LogP contribution in [0.5, 0.6) is 5.75 Å². The van der Waals surface area contributed by atoms with Crippen LogP contribution < -0.4 is 10.1 Å². The van der Waals surface area contributed by atoms with E-state index in [0.29, 0.717) is 12.1 Å². The third-order valence-electron chi connectivity index (χ3n) is 6.62. The van der Waals surface area contributed by atoms with Crippen molar-refractivity contribution < 1.29 is 56.3 Å². The van der Waals surface area contributed by atoms with Gasteiger partial charge in [-0.2, -0.15) is 8.42 Å². The Hall–Kier alpha value is -2.82. The molecular weight excluding hydrogens is 552 g/mol. The Labute approximate surface area is 233 Å². The predicted octanol–water partition coefficient (Wildman–Crippen LogP) is 1.32. The summed E-state index contributed by atoms with van der Waals surface area (Å²) in [5.74, 6) is -2.01. The van der Waals surface area contributed by atoms with Gasteiger partial charge in [-0.3, -0.25) is 14.1 Å². The van der Waals surface area contributed by atoms with Crippen LogP contribution in [-0.2, 0) is 33.7 Å². The summed E-state index contributed by atoms with van der Waals surface area (Å²) in [4.78, 5) is 38.4. The molecule has 1 aliphatic rings. The maximum absolute atomic E-state index is 12.7. The zero-order valence-corrected chi connectivity index (χ0v) is 23.7. The molecule has 40 heavy (non-hydrogen) atoms. The molecule has 1 aromatic rings. The van der Waals surface area contributed by atoms with Gasteiger partial charge in [0.1, 0.15) is 18.0 Å². The number of ether oxygens (including phenoxy) is 2. The lowest BCUT2D eigenvalue weighted by atomic mass is 9.98. The van der Waals surface area contributed by atoms with E-state index < -0.39 is 52.6 Å². The van der Waals surface area contributed by atoms with E-state index in [1.807, 2.05) is 27.7 Å². The highest BCUT2D eigenvalue weighted by Crippen LogP contribution is 2.28. The number of carbonyl (C=O) groups is 3. The predicted molar refractivity (Wildman–Crippen MR) is 141 cm³/mol. The number of hydrogen-bond acceptors (Lipinski definition) is 10. The van der Waals surface area contributed by atoms with Crippen LogP contribution in [0, 0.1) is 0 Å². The maximum atomic E-state index is 12.7. The van der Waals surface area contributed by atoms with Gasteiger partial charge < -0.3 is 35.0 Å². The van der Waals surface area contributed by atoms with E-state index in [-0.39, 0.29) is 30.5 Å². The monoisotopic (exact) mass is 590 g/mol. The fourth-order valence-electron chi connectivity index (χ4n) is 3.99. The number of aliphatic hydroxyl groups excluding tert-OH is 2. The Morgan fingerprint density at radius 2 is 1.70 bits per heavy atom. The minimum atomic E-state index is -5.15. The van der Waals surface area contributed by atoms with E-state index in [4.69, 9.17) is 14.0 Å². The maximum Gasteiger partial charge on any atom is 0.397 e. The van der Waals surface area contributed by atoms with Gasteiger partial charge in [0.25, 0.3) is 0 Å². The van der Waals surface area contributed by atoms with Gasteiger partial charge in [-0.05, 0) is 51.0 Å². The molecule has 1 aromatic carbocycles. The standard InChI is InChI=1S/C25H38N2O12S/c1-5-7-8-18(29)27(25(3,4)6-2)14-13-17(28)26-15-9-11-16(12-10-15)37-24-22(39-40(34,35)36)20(31)19(30)21(38-24)23(32)33/h9-12,19-22,24,30-31H,5-8,13-14H2,1-4H3,(H,26,28)(H,32,33)(H,34,35,36). The zero-order valence-electron chi connectivity index (χ0n) is 22.8. The molecular formula is C25H38N2O12S. The molecule has 0 bridgehead atoms. The number of nitrogens with zero attached hydrogens (tertiary/aromatic N) is 1. The Kier molecular flexibility index (Phi) is 11.8. The summed E-state index contributed by atoms with van der Waals surface area (Å²) in [6.45, 7) is 8.12. The highest BCUT2D eigenvalue weighted by molar-refractivity contribution is 7.80. The smallest absolute Gasteiger partial charge is 0.397 e. The molecule has 0 aromatic heterocycles. The second-order valence-corrected chi connectivity index (χ2v) is 11.0. The third-order valence-corrected chi connectivity index (χ3v) is 7.08. The minimum Gasteiger partial charge on any atom is -0.479 e. The lowest BCUT2D eigenvalue weighted by Crippen LogP contribution is -2.62. The molecule has 0 aliphatic carbocycles. The number of nitrogens with one attached hydrogen (secondary N) is 1. The number of carbonyl (C=O) groups excluding carboxylic acids is 2. The third kappa shape index (κ3) is 9.38. The first kappa shape index (κ1) is 33.4. The van der Waals surface area contributed by atoms with Crippen LogP contribution in [0.3, 0.4) is 0 Å². The normalized spacial score (nSPS) is 23.3. The van der Waals surface area contributed by atoms with Crippen molar-refractivity contribution in [1.82, 2.24) is 4.90 Å². The summed E-state index contributed by atoms with van der Waals surface area (Å²) >= 11 is 0. The average molecular weight is 591 g/mol. The van der Waals surface area contributed by atoms with Gasteiger partial charge in [0.2, 0.25) is 18.1 Å². The van der Waals surface area contributed by atoms with Gasteiger partial charge in [-0.25, -0.2) is 8.98 Å². The zero-order chi connectivity index (χ0) is 30.3. The first-order chi connectivity index (χ1) is 18.6. The average Bonchev–Trinajstić information content (AvgIpc) is 2.87. The van der Waals surface area contributed by atoms with Gasteiger partial charge in [0.15, 0.2) is 12.2 Å². The number of benzene rings is 1. The number of aliphatic hydroxyl groups is 2. The number of carboxylic acid groups (broad SMARTS) is 1. The Bertz CT molecular complexity index is 1130. The highest BCUT2D eigenvalue weighted by atomic mass is 32.3. The number of hydrogen-bond donors (Lipinski definition) is 5. The number of anilines is 1. The van der Waals surface area contributed by atoms with E-state index >= 15 is 0 Å². The summed E-state index contributed by atoms with van der Waals surface area (Å²) in [7, 11) is -5.15. The van der Waals surface area contributed by atoms with Crippen molar-refractivity contribution in [1.29, 1.82) is 0 Å². The van der Waals surface area contributed by atoms with Crippen LogP contribution in [0.1, 0.15) is 59.8 Å². The number of unbranched alkanes of at least 4 members (excludes halogenated alkanes) is 1. The molecule has 0 saturated carbocycles. The molecule has 1 heterocycles. The topological polar surface area (TPSA) is 209 Å². The number of amides is 2. The molecule has 0 spiro atoms. The first-order valence-electron chi connectivity index (χ1n) is 12.9. The molecule has 5 atom stereocenters. The van der Waals surface area contributed by atoms with Crippen LogP contribution in [0.15, 0.2) is 24.3 Å². The van der Waals surface area contributed by atoms with Gasteiger partial charge in [-0.1, -0.05) is 20.3 Å². The summed E-state index contributed by atoms with van der Waals surface area (Å²) < 4.78 is 46.3. The van der Waals surface area contributed by atoms with Crippen LogP contribution in [-0.4, -0.2) is 93.8 Å². The van der Waals surface area contributed by atoms with Crippen molar-refractivity contribution in [3.05, 3.63) is 24.3 Å². The second-order valence-electron chi connectivity index (χ2n) is 9.99. The van der Waals surface area contributed by atoms with Crippen molar-refractivity contribution in [3.8, 4) is 5.75 Å². The van der Waals surface area contributed by atoms with E-state index in [0.717, 1.165) is 19.3 Å². The van der Waals surface area contributed by atoms with Crippen molar-refractivity contribution >= 4 is 33.9 Å². The molecule has 14 nitrogen and oxygen atoms in total. The summed E-state index contributed by atoms with van der Waals surface area (Å²) in [6.07, 6.45) is -7.20. The lowest BCUT2D eigenvalue weighted by Gasteiger charge is -2.39. The van der Waals surface area contributed by atoms with Crippen molar-refractivity contribution in [2.75, 3.05) is 11.9 Å². The van der Waals surface area contributed by atoms with Crippen LogP contribution in [0.25, 0.3) is 0 Å². The first-order valence-corrected chi connectivity index (χ1v) is 14.2. The molecule has 5 N–H and O–H groups in total. The summed E-state index contributed by atoms with van der Waals surface area (Å²) in [5, 5.41) is 32.1. The highest BCUT2D eigenvalue weighted by Gasteiger charge is 2.51. The molecule has 1 aliphatic heterocycles. The second kappa shape index (κ2) is 14.2. The summed E-state index contributed by atoms with van der Waals surface area (Å²) in [5.41, 5.74) is -0.0454. The number of aliphatic carboxylic acids is 1. The molecule has 226 valence electrons. The van der Waals surface area contributed by atoms with Gasteiger partial charge >= 0.3 is 16.4 Å². The Balaban J connectivity index is 2.07. The number of rotatable bonds is 14. The molecule has 15 heteroatoms. The molecule has 2 rings (SSSR count). The minimum absolute atomic E-state index is 0.00273. The van der Waals surface area contributed by atoms with Gasteiger partial charge in [-0.15, -0.1) is 0 Å². The van der Waals surface area contributed by atoms with Crippen LogP contribution in [0.4, 0.5) is 5.69 Å². The van der Waals surface area contributed by atoms with Gasteiger partial charge in [0, 0.05) is 30.6 Å². The molecule has 1 fully saturated rings. The fraction of sp³-hybridized carbons (Fsp3) is 0.640. The SMILES string of the molecule is CCCCC(=O)N(CCC(=O)Nc1ccc(OC2OC(C(=O)O)C(O)C(O)C2OS(=O)(=O)O)cc1)C(C)(C)CC. The summed E-state index contributed by atoms with van der Waals surface area (Å²) in [6, 6.07) is 5.57. The van der Waals surface area contributed by atoms with E-state index in [2.05, 4.69) is 9.50 Å². The van der Waals surface area contributed by atoms with E-state index in [1.54, 1.807) is 4.90 Å². The Morgan fingerprint density at radius 1 is 1.07 bits per heavy atom. The lowest BCUT2D eigenvalue weighted by molar-refractivity contribution is -0.265. The number of carboxylic acids is 1. The van der Waals surface area contributed by atoms with Crippen LogP contribution in [0.2, 0.25) is 0 Å². The molecule has 5 unspecified atom stereocenters. The molecule has 1 saturated heterocycles. The fourth-order valence-corrected chi connectivity index (χ4v) is 4.47. The van der Waals surface area contributed by atoms with Gasteiger partial charge in [0.05, 0.1) is 0 Å². The van der Waals surface area contributed by atoms with Crippen molar-refractivity contribution in [2.24, 2.45) is 0 Å². The van der Waals surface area contributed by atoms with E-state index in [9.17, 15) is 38.1 Å². The van der Waals surface area contributed by atoms with Crippen LogP contribution >= 0.6 is 0 Å². The Morgan fingerprint density at radius 3 is 2.23 bits per heavy atom.